The largest absolute Gasteiger partial charge is 0.479 e. The van der Waals surface area contributed by atoms with E-state index in [1.54, 1.807) is 17.8 Å². The summed E-state index contributed by atoms with van der Waals surface area (Å²) in [6, 6.07) is 1.78. The second-order valence-corrected chi connectivity index (χ2v) is 4.37. The van der Waals surface area contributed by atoms with E-state index >= 15 is 0 Å². The average molecular weight is 224 g/mol. The molecule has 1 aromatic heterocycles. The van der Waals surface area contributed by atoms with Crippen molar-refractivity contribution in [2.24, 2.45) is 0 Å². The molecule has 1 aromatic rings. The molecule has 1 N–H and O–H groups in total. The van der Waals surface area contributed by atoms with Gasteiger partial charge in [-0.05, 0) is 12.2 Å². The highest BCUT2D eigenvalue weighted by Gasteiger charge is 2.45. The summed E-state index contributed by atoms with van der Waals surface area (Å²) in [6.07, 6.45) is 1.83. The van der Waals surface area contributed by atoms with Gasteiger partial charge in [-0.15, -0.1) is 5.10 Å². The van der Waals surface area contributed by atoms with Crippen LogP contribution in [0.5, 0.6) is 0 Å². The first-order chi connectivity index (χ1) is 7.19. The second kappa shape index (κ2) is 3.55. The van der Waals surface area contributed by atoms with Crippen molar-refractivity contribution in [1.82, 2.24) is 14.8 Å². The SMILES string of the molecule is N#Cc1ncn(C2(C(=O)O)CCSC2)n1. The van der Waals surface area contributed by atoms with Gasteiger partial charge < -0.3 is 5.11 Å². The van der Waals surface area contributed by atoms with Crippen LogP contribution in [0.4, 0.5) is 0 Å². The minimum Gasteiger partial charge on any atom is -0.479 e. The third kappa shape index (κ3) is 1.47. The number of aromatic nitrogens is 3. The first-order valence-corrected chi connectivity index (χ1v) is 5.48. The van der Waals surface area contributed by atoms with Crippen LogP contribution in [0.3, 0.4) is 0 Å². The molecule has 0 radical (unpaired) electrons. The van der Waals surface area contributed by atoms with Crippen molar-refractivity contribution in [1.29, 1.82) is 5.26 Å². The van der Waals surface area contributed by atoms with E-state index in [4.69, 9.17) is 5.26 Å². The number of carboxylic acid groups (broad SMARTS) is 1. The minimum atomic E-state index is -1.02. The Morgan fingerprint density at radius 2 is 2.60 bits per heavy atom. The number of nitrogens with zero attached hydrogens (tertiary/aromatic N) is 4. The fraction of sp³-hybridized carbons (Fsp3) is 0.500. The Labute approximate surface area is 89.9 Å². The van der Waals surface area contributed by atoms with Crippen LogP contribution in [-0.2, 0) is 10.3 Å². The quantitative estimate of drug-likeness (QED) is 0.764. The van der Waals surface area contributed by atoms with E-state index in [-0.39, 0.29) is 5.82 Å². The molecule has 0 bridgehead atoms. The molecule has 1 atom stereocenters. The van der Waals surface area contributed by atoms with Gasteiger partial charge in [0.05, 0.1) is 0 Å². The monoisotopic (exact) mass is 224 g/mol. The lowest BCUT2D eigenvalue weighted by Gasteiger charge is -2.22. The second-order valence-electron chi connectivity index (χ2n) is 3.26. The maximum atomic E-state index is 11.2. The Morgan fingerprint density at radius 3 is 3.07 bits per heavy atom. The molecule has 0 aromatic carbocycles. The van der Waals surface area contributed by atoms with Crippen LogP contribution >= 0.6 is 11.8 Å². The van der Waals surface area contributed by atoms with Crippen molar-refractivity contribution in [2.45, 2.75) is 12.0 Å². The van der Waals surface area contributed by atoms with Gasteiger partial charge in [-0.3, -0.25) is 0 Å². The van der Waals surface area contributed by atoms with Crippen molar-refractivity contribution < 1.29 is 9.90 Å². The van der Waals surface area contributed by atoms with E-state index in [2.05, 4.69) is 10.1 Å². The summed E-state index contributed by atoms with van der Waals surface area (Å²) >= 11 is 1.57. The molecular formula is C8H8N4O2S. The average Bonchev–Trinajstić information content (AvgIpc) is 2.87. The number of hydrogen-bond donors (Lipinski definition) is 1. The van der Waals surface area contributed by atoms with Gasteiger partial charge in [0, 0.05) is 5.75 Å². The highest BCUT2D eigenvalue weighted by atomic mass is 32.2. The van der Waals surface area contributed by atoms with Gasteiger partial charge in [-0.25, -0.2) is 14.5 Å². The predicted molar refractivity (Wildman–Crippen MR) is 52.3 cm³/mol. The van der Waals surface area contributed by atoms with E-state index < -0.39 is 11.5 Å². The Morgan fingerprint density at radius 1 is 1.80 bits per heavy atom. The first kappa shape index (κ1) is 9.98. The van der Waals surface area contributed by atoms with E-state index in [9.17, 15) is 9.90 Å². The normalized spacial score (nSPS) is 25.0. The topological polar surface area (TPSA) is 91.8 Å². The molecule has 1 saturated heterocycles. The van der Waals surface area contributed by atoms with Crippen LogP contribution < -0.4 is 0 Å². The maximum Gasteiger partial charge on any atom is 0.332 e. The molecule has 2 rings (SSSR count). The van der Waals surface area contributed by atoms with E-state index in [0.29, 0.717) is 12.2 Å². The van der Waals surface area contributed by atoms with Crippen molar-refractivity contribution in [3.05, 3.63) is 12.2 Å². The Kier molecular flexibility index (Phi) is 2.36. The van der Waals surface area contributed by atoms with Crippen molar-refractivity contribution in [3.63, 3.8) is 0 Å². The number of nitriles is 1. The van der Waals surface area contributed by atoms with Crippen LogP contribution in [0.25, 0.3) is 0 Å². The van der Waals surface area contributed by atoms with Gasteiger partial charge in [0.25, 0.3) is 5.82 Å². The zero-order valence-corrected chi connectivity index (χ0v) is 8.57. The molecule has 0 saturated carbocycles. The molecule has 1 fully saturated rings. The van der Waals surface area contributed by atoms with Crippen molar-refractivity contribution in [3.8, 4) is 6.07 Å². The molecule has 2 heterocycles. The number of rotatable bonds is 2. The van der Waals surface area contributed by atoms with Crippen LogP contribution in [-0.4, -0.2) is 37.3 Å². The van der Waals surface area contributed by atoms with Gasteiger partial charge in [-0.1, -0.05) is 0 Å². The smallest absolute Gasteiger partial charge is 0.332 e. The van der Waals surface area contributed by atoms with Gasteiger partial charge >= 0.3 is 5.97 Å². The fourth-order valence-corrected chi connectivity index (χ4v) is 2.89. The third-order valence-corrected chi connectivity index (χ3v) is 3.60. The van der Waals surface area contributed by atoms with Crippen molar-refractivity contribution >= 4 is 17.7 Å². The Balaban J connectivity index is 2.41. The summed E-state index contributed by atoms with van der Waals surface area (Å²) in [6.45, 7) is 0. The van der Waals surface area contributed by atoms with E-state index in [0.717, 1.165) is 5.75 Å². The number of carboxylic acids is 1. The Hall–Kier alpha value is -1.55. The molecular weight excluding hydrogens is 216 g/mol. The summed E-state index contributed by atoms with van der Waals surface area (Å²) < 4.78 is 1.30. The Bertz CT molecular complexity index is 430. The lowest BCUT2D eigenvalue weighted by atomic mass is 10.00. The molecule has 0 amide bonds. The highest BCUT2D eigenvalue weighted by Crippen LogP contribution is 2.34. The van der Waals surface area contributed by atoms with E-state index in [1.807, 2.05) is 0 Å². The summed E-state index contributed by atoms with van der Waals surface area (Å²) in [4.78, 5) is 15.0. The summed E-state index contributed by atoms with van der Waals surface area (Å²) in [5.41, 5.74) is -1.02. The highest BCUT2D eigenvalue weighted by molar-refractivity contribution is 7.99. The predicted octanol–water partition coefficient (Wildman–Crippen LogP) is 0.0666. The lowest BCUT2D eigenvalue weighted by molar-refractivity contribution is -0.146. The summed E-state index contributed by atoms with van der Waals surface area (Å²) in [5.74, 6) is 0.347. The molecule has 7 heteroatoms. The number of hydrogen-bond acceptors (Lipinski definition) is 5. The van der Waals surface area contributed by atoms with Crippen molar-refractivity contribution in [2.75, 3.05) is 11.5 Å². The van der Waals surface area contributed by atoms with Crippen LogP contribution in [0.1, 0.15) is 12.2 Å². The van der Waals surface area contributed by atoms with Gasteiger partial charge in [-0.2, -0.15) is 17.0 Å². The third-order valence-electron chi connectivity index (χ3n) is 2.43. The van der Waals surface area contributed by atoms with Crippen LogP contribution in [0.2, 0.25) is 0 Å². The molecule has 1 aliphatic heterocycles. The molecule has 6 nitrogen and oxygen atoms in total. The van der Waals surface area contributed by atoms with Crippen LogP contribution in [0, 0.1) is 11.3 Å². The van der Waals surface area contributed by atoms with E-state index in [1.165, 1.54) is 11.0 Å². The van der Waals surface area contributed by atoms with Gasteiger partial charge in [0.2, 0.25) is 0 Å². The standard InChI is InChI=1S/C8H8N4O2S/c9-3-6-10-5-12(11-6)8(7(13)14)1-2-15-4-8/h5H,1-2,4H2,(H,13,14). The zero-order valence-electron chi connectivity index (χ0n) is 7.75. The molecule has 0 aliphatic carbocycles. The number of aliphatic carboxylic acids is 1. The van der Waals surface area contributed by atoms with Crippen LogP contribution in [0.15, 0.2) is 6.33 Å². The van der Waals surface area contributed by atoms with Gasteiger partial charge in [0.1, 0.15) is 12.4 Å². The maximum absolute atomic E-state index is 11.2. The summed E-state index contributed by atoms with van der Waals surface area (Å²) in [7, 11) is 0. The zero-order chi connectivity index (χ0) is 10.9. The molecule has 78 valence electrons. The number of carbonyl (C=O) groups is 1. The molecule has 1 unspecified atom stereocenters. The lowest BCUT2D eigenvalue weighted by Crippen LogP contribution is -2.42. The fourth-order valence-electron chi connectivity index (χ4n) is 1.52. The summed E-state index contributed by atoms with van der Waals surface area (Å²) in [5, 5.41) is 21.6. The van der Waals surface area contributed by atoms with Gasteiger partial charge in [0.15, 0.2) is 5.54 Å². The first-order valence-electron chi connectivity index (χ1n) is 4.32. The molecule has 15 heavy (non-hydrogen) atoms. The number of thioether (sulfide) groups is 1. The minimum absolute atomic E-state index is 0.00697. The molecule has 0 spiro atoms. The molecule has 1 aliphatic rings.